The number of amides is 1. The number of H-pyrrole nitrogens is 1. The summed E-state index contributed by atoms with van der Waals surface area (Å²) in [6.45, 7) is 0.267. The zero-order valence-electron chi connectivity index (χ0n) is 12.4. The van der Waals surface area contributed by atoms with Crippen LogP contribution in [0.3, 0.4) is 0 Å². The molecule has 0 fully saturated rings. The molecule has 0 bridgehead atoms. The van der Waals surface area contributed by atoms with Crippen LogP contribution in [0.2, 0.25) is 5.02 Å². The van der Waals surface area contributed by atoms with Crippen LogP contribution in [0.25, 0.3) is 10.9 Å². The molecule has 0 aliphatic heterocycles. The van der Waals surface area contributed by atoms with Gasteiger partial charge in [-0.1, -0.05) is 23.7 Å². The van der Waals surface area contributed by atoms with E-state index in [1.54, 1.807) is 24.3 Å². The summed E-state index contributed by atoms with van der Waals surface area (Å²) in [5.74, 6) is -0.502. The number of benzene rings is 1. The Morgan fingerprint density at radius 3 is 2.75 bits per heavy atom. The fourth-order valence-electron chi connectivity index (χ4n) is 2.25. The van der Waals surface area contributed by atoms with Crippen LogP contribution < -0.4 is 10.7 Å². The van der Waals surface area contributed by atoms with Gasteiger partial charge in [0.1, 0.15) is 11.3 Å². The van der Waals surface area contributed by atoms with Gasteiger partial charge < -0.3 is 10.3 Å². The molecule has 7 heteroatoms. The summed E-state index contributed by atoms with van der Waals surface area (Å²) in [5, 5.41) is 3.53. The average molecular weight is 342 g/mol. The van der Waals surface area contributed by atoms with E-state index in [9.17, 15) is 14.4 Å². The quantitative estimate of drug-likeness (QED) is 0.712. The van der Waals surface area contributed by atoms with Crippen LogP contribution in [0.1, 0.15) is 26.4 Å². The number of aldehydes is 1. The van der Waals surface area contributed by atoms with Gasteiger partial charge in [0.05, 0.1) is 17.1 Å². The van der Waals surface area contributed by atoms with Gasteiger partial charge in [-0.05, 0) is 23.8 Å². The Balaban J connectivity index is 1.86. The maximum absolute atomic E-state index is 12.5. The number of hydrogen-bond donors (Lipinski definition) is 2. The molecule has 120 valence electrons. The molecule has 0 aliphatic carbocycles. The van der Waals surface area contributed by atoms with E-state index in [0.29, 0.717) is 16.8 Å². The fraction of sp³-hybridized carbons (Fsp3) is 0.0588. The molecule has 0 saturated heterocycles. The molecule has 3 rings (SSSR count). The van der Waals surface area contributed by atoms with Crippen LogP contribution in [0, 0.1) is 0 Å². The molecule has 0 radical (unpaired) electrons. The third kappa shape index (κ3) is 3.18. The van der Waals surface area contributed by atoms with Gasteiger partial charge in [-0.25, -0.2) is 0 Å². The predicted octanol–water partition coefficient (Wildman–Crippen LogP) is 2.32. The Bertz CT molecular complexity index is 981. The second kappa shape index (κ2) is 6.64. The molecule has 2 aromatic heterocycles. The monoisotopic (exact) mass is 341 g/mol. The molecule has 0 aliphatic rings. The van der Waals surface area contributed by atoms with E-state index in [2.05, 4.69) is 15.3 Å². The minimum absolute atomic E-state index is 0.0282. The van der Waals surface area contributed by atoms with Gasteiger partial charge in [-0.15, -0.1) is 0 Å². The Kier molecular flexibility index (Phi) is 4.39. The van der Waals surface area contributed by atoms with Crippen molar-refractivity contribution in [3.05, 3.63) is 74.8 Å². The third-order valence-electron chi connectivity index (χ3n) is 3.52. The first-order valence-corrected chi connectivity index (χ1v) is 7.45. The molecule has 1 amide bonds. The standard InChI is InChI=1S/C17H12ClN3O3/c18-11-3-1-10(2-4-11)6-21-17(24)14-7-20-15-8-19-12(9-22)5-13(15)16(14)23/h1-5,7-9H,6H2,(H,20,23)(H,21,24). The van der Waals surface area contributed by atoms with E-state index in [0.717, 1.165) is 5.56 Å². The summed E-state index contributed by atoms with van der Waals surface area (Å²) in [6, 6.07) is 8.38. The Hall–Kier alpha value is -2.99. The average Bonchev–Trinajstić information content (AvgIpc) is 2.61. The number of halogens is 1. The molecule has 0 spiro atoms. The molecule has 3 aromatic rings. The van der Waals surface area contributed by atoms with Gasteiger partial charge in [0.25, 0.3) is 5.91 Å². The Morgan fingerprint density at radius 2 is 2.04 bits per heavy atom. The van der Waals surface area contributed by atoms with E-state index >= 15 is 0 Å². The molecule has 0 unspecified atom stereocenters. The largest absolute Gasteiger partial charge is 0.359 e. The summed E-state index contributed by atoms with van der Waals surface area (Å²) in [4.78, 5) is 42.2. The number of nitrogens with one attached hydrogen (secondary N) is 2. The SMILES string of the molecule is O=Cc1cc2c(=O)c(C(=O)NCc3ccc(Cl)cc3)c[nH]c2cn1. The van der Waals surface area contributed by atoms with Crippen LogP contribution in [-0.4, -0.2) is 22.2 Å². The normalized spacial score (nSPS) is 10.5. The molecule has 2 heterocycles. The lowest BCUT2D eigenvalue weighted by Gasteiger charge is -2.06. The van der Waals surface area contributed by atoms with Gasteiger partial charge >= 0.3 is 0 Å². The topological polar surface area (TPSA) is 91.9 Å². The first-order valence-electron chi connectivity index (χ1n) is 7.08. The highest BCUT2D eigenvalue weighted by Gasteiger charge is 2.13. The predicted molar refractivity (Wildman–Crippen MR) is 90.4 cm³/mol. The molecular formula is C17H12ClN3O3. The van der Waals surface area contributed by atoms with Crippen molar-refractivity contribution in [3.63, 3.8) is 0 Å². The Morgan fingerprint density at radius 1 is 1.29 bits per heavy atom. The van der Waals surface area contributed by atoms with Crippen molar-refractivity contribution >= 4 is 34.7 Å². The highest BCUT2D eigenvalue weighted by molar-refractivity contribution is 6.30. The van der Waals surface area contributed by atoms with Gasteiger partial charge in [-0.3, -0.25) is 19.4 Å². The van der Waals surface area contributed by atoms with E-state index in [1.807, 2.05) is 0 Å². The van der Waals surface area contributed by atoms with Crippen molar-refractivity contribution in [2.24, 2.45) is 0 Å². The minimum Gasteiger partial charge on any atom is -0.359 e. The fourth-order valence-corrected chi connectivity index (χ4v) is 2.37. The van der Waals surface area contributed by atoms with E-state index in [1.165, 1.54) is 18.5 Å². The number of carbonyl (C=O) groups is 2. The lowest BCUT2D eigenvalue weighted by Crippen LogP contribution is -2.28. The van der Waals surface area contributed by atoms with Crippen molar-refractivity contribution in [1.29, 1.82) is 0 Å². The number of nitrogens with zero attached hydrogens (tertiary/aromatic N) is 1. The van der Waals surface area contributed by atoms with Crippen molar-refractivity contribution < 1.29 is 9.59 Å². The summed E-state index contributed by atoms with van der Waals surface area (Å²) < 4.78 is 0. The summed E-state index contributed by atoms with van der Waals surface area (Å²) in [5.41, 5.74) is 0.964. The molecule has 6 nitrogen and oxygen atoms in total. The smallest absolute Gasteiger partial charge is 0.257 e. The van der Waals surface area contributed by atoms with E-state index < -0.39 is 11.3 Å². The molecular weight excluding hydrogens is 330 g/mol. The van der Waals surface area contributed by atoms with Gasteiger partial charge in [-0.2, -0.15) is 0 Å². The van der Waals surface area contributed by atoms with Crippen molar-refractivity contribution in [1.82, 2.24) is 15.3 Å². The number of carbonyl (C=O) groups excluding carboxylic acids is 2. The molecule has 24 heavy (non-hydrogen) atoms. The van der Waals surface area contributed by atoms with Gasteiger partial charge in [0.15, 0.2) is 6.29 Å². The maximum Gasteiger partial charge on any atom is 0.257 e. The molecule has 0 atom stereocenters. The number of pyridine rings is 2. The number of rotatable bonds is 4. The van der Waals surface area contributed by atoms with Crippen molar-refractivity contribution in [2.45, 2.75) is 6.54 Å². The zero-order valence-corrected chi connectivity index (χ0v) is 13.1. The van der Waals surface area contributed by atoms with Crippen LogP contribution in [0.4, 0.5) is 0 Å². The number of aromatic nitrogens is 2. The second-order valence-corrected chi connectivity index (χ2v) is 5.55. The second-order valence-electron chi connectivity index (χ2n) is 5.11. The van der Waals surface area contributed by atoms with Crippen LogP contribution in [0.15, 0.2) is 47.5 Å². The summed E-state index contributed by atoms with van der Waals surface area (Å²) in [6.07, 6.45) is 3.27. The highest BCUT2D eigenvalue weighted by Crippen LogP contribution is 2.10. The highest BCUT2D eigenvalue weighted by atomic mass is 35.5. The summed E-state index contributed by atoms with van der Waals surface area (Å²) in [7, 11) is 0. The van der Waals surface area contributed by atoms with Gasteiger partial charge in [0.2, 0.25) is 5.43 Å². The van der Waals surface area contributed by atoms with E-state index in [-0.39, 0.29) is 23.2 Å². The molecule has 2 N–H and O–H groups in total. The van der Waals surface area contributed by atoms with Crippen LogP contribution >= 0.6 is 11.6 Å². The maximum atomic E-state index is 12.5. The lowest BCUT2D eigenvalue weighted by molar-refractivity contribution is 0.0949. The van der Waals surface area contributed by atoms with Crippen LogP contribution in [-0.2, 0) is 6.54 Å². The Labute approximate surface area is 141 Å². The first-order chi connectivity index (χ1) is 11.6. The molecule has 0 saturated carbocycles. The molecule has 1 aromatic carbocycles. The number of aromatic amines is 1. The lowest BCUT2D eigenvalue weighted by atomic mass is 10.1. The van der Waals surface area contributed by atoms with Crippen LogP contribution in [0.5, 0.6) is 0 Å². The van der Waals surface area contributed by atoms with Crippen molar-refractivity contribution in [3.8, 4) is 0 Å². The zero-order chi connectivity index (χ0) is 17.1. The first kappa shape index (κ1) is 15.9. The van der Waals surface area contributed by atoms with E-state index in [4.69, 9.17) is 11.6 Å². The van der Waals surface area contributed by atoms with Crippen molar-refractivity contribution in [2.75, 3.05) is 0 Å². The third-order valence-corrected chi connectivity index (χ3v) is 3.77. The number of hydrogen-bond acceptors (Lipinski definition) is 4. The minimum atomic E-state index is -0.502. The summed E-state index contributed by atoms with van der Waals surface area (Å²) >= 11 is 5.81. The number of fused-ring (bicyclic) bond motifs is 1. The van der Waals surface area contributed by atoms with Gasteiger partial charge in [0, 0.05) is 17.8 Å².